The topological polar surface area (TPSA) is 45.3 Å². The Morgan fingerprint density at radius 3 is 2.76 bits per heavy atom. The Kier molecular flexibility index (Phi) is 3.96. The second kappa shape index (κ2) is 6.28. The highest BCUT2D eigenvalue weighted by Gasteiger charge is 2.24. The minimum Gasteiger partial charge on any atom is -0.496 e. The molecule has 4 rings (SSSR count). The molecule has 4 nitrogen and oxygen atoms in total. The number of rotatable bonds is 2. The van der Waals surface area contributed by atoms with Gasteiger partial charge in [-0.2, -0.15) is 0 Å². The van der Waals surface area contributed by atoms with Gasteiger partial charge in [-0.25, -0.2) is 0 Å². The molecule has 128 valence electrons. The number of benzene rings is 2. The van der Waals surface area contributed by atoms with Crippen LogP contribution in [0.4, 0.5) is 0 Å². The predicted octanol–water partition coefficient (Wildman–Crippen LogP) is 3.73. The molecule has 1 amide bonds. The molecule has 0 atom stereocenters. The monoisotopic (exact) mass is 334 g/mol. The number of carbonyl (C=O) groups is 1. The molecule has 0 saturated heterocycles. The Bertz CT molecular complexity index is 942. The highest BCUT2D eigenvalue weighted by molar-refractivity contribution is 5.97. The summed E-state index contributed by atoms with van der Waals surface area (Å²) in [7, 11) is 1.60. The van der Waals surface area contributed by atoms with E-state index in [9.17, 15) is 4.79 Å². The van der Waals surface area contributed by atoms with Crippen molar-refractivity contribution in [2.75, 3.05) is 20.2 Å². The second-order valence-corrected chi connectivity index (χ2v) is 6.62. The molecule has 2 heterocycles. The first-order valence-corrected chi connectivity index (χ1v) is 8.70. The summed E-state index contributed by atoms with van der Waals surface area (Å²) in [5.74, 6) is 0.680. The number of fused-ring (bicyclic) bond motifs is 3. The predicted molar refractivity (Wildman–Crippen MR) is 99.3 cm³/mol. The van der Waals surface area contributed by atoms with E-state index < -0.39 is 0 Å². The first-order chi connectivity index (χ1) is 12.2. The number of ether oxygens (including phenoxy) is 1. The molecule has 0 saturated carbocycles. The molecule has 0 spiro atoms. The van der Waals surface area contributed by atoms with E-state index in [1.165, 1.54) is 27.7 Å². The van der Waals surface area contributed by atoms with Crippen LogP contribution < -0.4 is 4.74 Å². The maximum Gasteiger partial charge on any atom is 0.257 e. The maximum atomic E-state index is 13.0. The van der Waals surface area contributed by atoms with Gasteiger partial charge in [0.25, 0.3) is 5.91 Å². The van der Waals surface area contributed by atoms with Crippen LogP contribution in [0.25, 0.3) is 10.9 Å². The zero-order chi connectivity index (χ0) is 17.4. The summed E-state index contributed by atoms with van der Waals surface area (Å²) in [5.41, 5.74) is 5.71. The summed E-state index contributed by atoms with van der Waals surface area (Å²) >= 11 is 0. The lowest BCUT2D eigenvalue weighted by molar-refractivity contribution is 0.0759. The SMILES string of the molecule is COc1ccccc1C(=O)N1CCc2[nH]c3ccc(C)cc3c2CC1. The quantitative estimate of drug-likeness (QED) is 0.776. The second-order valence-electron chi connectivity index (χ2n) is 6.62. The molecule has 0 aliphatic carbocycles. The van der Waals surface area contributed by atoms with Gasteiger partial charge in [0.05, 0.1) is 12.7 Å². The van der Waals surface area contributed by atoms with E-state index in [0.717, 1.165) is 25.9 Å². The zero-order valence-corrected chi connectivity index (χ0v) is 14.6. The number of hydrogen-bond donors (Lipinski definition) is 1. The third-order valence-electron chi connectivity index (χ3n) is 5.04. The molecule has 1 aliphatic rings. The molecule has 25 heavy (non-hydrogen) atoms. The van der Waals surface area contributed by atoms with Crippen LogP contribution >= 0.6 is 0 Å². The number of amides is 1. The summed E-state index contributed by atoms with van der Waals surface area (Å²) < 4.78 is 5.35. The molecular formula is C21H22N2O2. The van der Waals surface area contributed by atoms with Gasteiger partial charge in [0, 0.05) is 36.1 Å². The van der Waals surface area contributed by atoms with Gasteiger partial charge in [0.2, 0.25) is 0 Å². The van der Waals surface area contributed by atoms with E-state index in [0.29, 0.717) is 11.3 Å². The van der Waals surface area contributed by atoms with E-state index in [1.807, 2.05) is 29.2 Å². The molecule has 0 fully saturated rings. The maximum absolute atomic E-state index is 13.0. The molecule has 4 heteroatoms. The first-order valence-electron chi connectivity index (χ1n) is 8.70. The number of methoxy groups -OCH3 is 1. The lowest BCUT2D eigenvalue weighted by Gasteiger charge is -2.21. The van der Waals surface area contributed by atoms with Crippen LogP contribution in [0.5, 0.6) is 5.75 Å². The standard InChI is InChI=1S/C21H22N2O2/c1-14-7-8-18-17(13-14)15-9-11-23(12-10-19(15)22-18)21(24)16-5-3-4-6-20(16)25-2/h3-8,13,22H,9-12H2,1-2H3. The highest BCUT2D eigenvalue weighted by atomic mass is 16.5. The number of hydrogen-bond acceptors (Lipinski definition) is 2. The van der Waals surface area contributed by atoms with Crippen LogP contribution in [0.2, 0.25) is 0 Å². The van der Waals surface area contributed by atoms with Gasteiger partial charge in [-0.1, -0.05) is 23.8 Å². The number of aromatic amines is 1. The number of nitrogens with zero attached hydrogens (tertiary/aromatic N) is 1. The fourth-order valence-electron chi connectivity index (χ4n) is 3.72. The fraction of sp³-hybridized carbons (Fsp3) is 0.286. The van der Waals surface area contributed by atoms with E-state index in [4.69, 9.17) is 4.74 Å². The first kappa shape index (κ1) is 15.8. The van der Waals surface area contributed by atoms with E-state index >= 15 is 0 Å². The Morgan fingerprint density at radius 1 is 1.12 bits per heavy atom. The van der Waals surface area contributed by atoms with Crippen molar-refractivity contribution in [1.29, 1.82) is 0 Å². The van der Waals surface area contributed by atoms with E-state index in [2.05, 4.69) is 30.1 Å². The van der Waals surface area contributed by atoms with E-state index in [-0.39, 0.29) is 5.91 Å². The van der Waals surface area contributed by atoms with E-state index in [1.54, 1.807) is 7.11 Å². The molecule has 0 bridgehead atoms. The average molecular weight is 334 g/mol. The highest BCUT2D eigenvalue weighted by Crippen LogP contribution is 2.28. The number of aryl methyl sites for hydroxylation is 1. The largest absolute Gasteiger partial charge is 0.496 e. The van der Waals surface area contributed by atoms with Crippen molar-refractivity contribution in [3.63, 3.8) is 0 Å². The average Bonchev–Trinajstić information content (AvgIpc) is 2.84. The van der Waals surface area contributed by atoms with Gasteiger partial charge >= 0.3 is 0 Å². The van der Waals surface area contributed by atoms with Crippen LogP contribution in [0.15, 0.2) is 42.5 Å². The van der Waals surface area contributed by atoms with Gasteiger partial charge < -0.3 is 14.6 Å². The van der Waals surface area contributed by atoms with Crippen molar-refractivity contribution in [3.8, 4) is 5.75 Å². The lowest BCUT2D eigenvalue weighted by Crippen LogP contribution is -2.33. The van der Waals surface area contributed by atoms with Crippen molar-refractivity contribution in [1.82, 2.24) is 9.88 Å². The molecule has 0 unspecified atom stereocenters. The van der Waals surface area contributed by atoms with Crippen molar-refractivity contribution >= 4 is 16.8 Å². The van der Waals surface area contributed by atoms with Crippen molar-refractivity contribution in [2.24, 2.45) is 0 Å². The Morgan fingerprint density at radius 2 is 1.92 bits per heavy atom. The molecule has 1 aliphatic heterocycles. The number of H-pyrrole nitrogens is 1. The summed E-state index contributed by atoms with van der Waals surface area (Å²) in [4.78, 5) is 18.4. The Hall–Kier alpha value is -2.75. The molecule has 1 aromatic heterocycles. The van der Waals surface area contributed by atoms with Gasteiger partial charge in [-0.15, -0.1) is 0 Å². The van der Waals surface area contributed by atoms with Gasteiger partial charge in [-0.05, 0) is 43.2 Å². The van der Waals surface area contributed by atoms with Crippen molar-refractivity contribution in [2.45, 2.75) is 19.8 Å². The minimum atomic E-state index is 0.0445. The number of carbonyl (C=O) groups excluding carboxylic acids is 1. The molecule has 3 aromatic rings. The van der Waals surface area contributed by atoms with Gasteiger partial charge in [0.1, 0.15) is 5.75 Å². The van der Waals surface area contributed by atoms with Gasteiger partial charge in [-0.3, -0.25) is 4.79 Å². The molecule has 2 aromatic carbocycles. The van der Waals surface area contributed by atoms with Crippen LogP contribution in [0.3, 0.4) is 0 Å². The Labute approximate surface area is 147 Å². The number of aromatic nitrogens is 1. The lowest BCUT2D eigenvalue weighted by atomic mass is 10.1. The van der Waals surface area contributed by atoms with Gasteiger partial charge in [0.15, 0.2) is 0 Å². The molecule has 0 radical (unpaired) electrons. The number of nitrogens with one attached hydrogen (secondary N) is 1. The smallest absolute Gasteiger partial charge is 0.257 e. The third kappa shape index (κ3) is 2.78. The summed E-state index contributed by atoms with van der Waals surface area (Å²) in [6.45, 7) is 3.56. The molecular weight excluding hydrogens is 312 g/mol. The third-order valence-corrected chi connectivity index (χ3v) is 5.04. The van der Waals surface area contributed by atoms with Crippen LogP contribution in [-0.2, 0) is 12.8 Å². The summed E-state index contributed by atoms with van der Waals surface area (Å²) in [6, 6.07) is 14.0. The summed E-state index contributed by atoms with van der Waals surface area (Å²) in [5, 5.41) is 1.29. The normalized spacial score (nSPS) is 14.2. The Balaban J connectivity index is 1.61. The van der Waals surface area contributed by atoms with Crippen molar-refractivity contribution < 1.29 is 9.53 Å². The minimum absolute atomic E-state index is 0.0445. The molecule has 1 N–H and O–H groups in total. The number of para-hydroxylation sites is 1. The summed E-state index contributed by atoms with van der Waals surface area (Å²) in [6.07, 6.45) is 1.73. The zero-order valence-electron chi connectivity index (χ0n) is 14.6. The fourth-order valence-corrected chi connectivity index (χ4v) is 3.72. The van der Waals surface area contributed by atoms with Crippen molar-refractivity contribution in [3.05, 3.63) is 64.8 Å². The van der Waals surface area contributed by atoms with Crippen LogP contribution in [0, 0.1) is 6.92 Å². The van der Waals surface area contributed by atoms with Crippen LogP contribution in [-0.4, -0.2) is 36.0 Å². The van der Waals surface area contributed by atoms with Crippen LogP contribution in [0.1, 0.15) is 27.2 Å².